The van der Waals surface area contributed by atoms with Gasteiger partial charge in [0.25, 0.3) is 0 Å². The molecular formula is C19H19FN2O3. The Morgan fingerprint density at radius 1 is 1.00 bits per heavy atom. The molecule has 2 aliphatic rings. The Balaban J connectivity index is 1.34. The molecule has 6 heteroatoms. The Bertz CT molecular complexity index is 788. The molecule has 25 heavy (non-hydrogen) atoms. The second kappa shape index (κ2) is 6.72. The summed E-state index contributed by atoms with van der Waals surface area (Å²) in [7, 11) is 0. The third-order valence-electron chi connectivity index (χ3n) is 4.61. The van der Waals surface area contributed by atoms with Crippen molar-refractivity contribution in [2.45, 2.75) is 0 Å². The van der Waals surface area contributed by atoms with Crippen molar-refractivity contribution in [3.8, 4) is 11.5 Å². The summed E-state index contributed by atoms with van der Waals surface area (Å²) >= 11 is 0. The quantitative estimate of drug-likeness (QED) is 0.799. The number of fused-ring (bicyclic) bond motifs is 1. The van der Waals surface area contributed by atoms with Gasteiger partial charge in [0.15, 0.2) is 17.3 Å². The van der Waals surface area contributed by atoms with Crippen molar-refractivity contribution in [1.29, 1.82) is 0 Å². The largest absolute Gasteiger partial charge is 0.454 e. The van der Waals surface area contributed by atoms with Gasteiger partial charge < -0.3 is 14.4 Å². The fraction of sp³-hybridized carbons (Fsp3) is 0.316. The topological polar surface area (TPSA) is 42.0 Å². The van der Waals surface area contributed by atoms with E-state index >= 15 is 0 Å². The average molecular weight is 342 g/mol. The van der Waals surface area contributed by atoms with Crippen LogP contribution in [0.2, 0.25) is 0 Å². The molecular weight excluding hydrogens is 323 g/mol. The molecule has 4 rings (SSSR count). The van der Waals surface area contributed by atoms with Crippen LogP contribution < -0.4 is 14.4 Å². The molecule has 5 nitrogen and oxygen atoms in total. The maximum absolute atomic E-state index is 13.4. The predicted molar refractivity (Wildman–Crippen MR) is 91.9 cm³/mol. The lowest BCUT2D eigenvalue weighted by Gasteiger charge is -2.35. The van der Waals surface area contributed by atoms with Crippen molar-refractivity contribution in [1.82, 2.24) is 4.90 Å². The molecule has 0 N–H and O–H groups in total. The van der Waals surface area contributed by atoms with Crippen molar-refractivity contribution in [2.75, 3.05) is 44.4 Å². The minimum Gasteiger partial charge on any atom is -0.454 e. The van der Waals surface area contributed by atoms with E-state index in [-0.39, 0.29) is 18.4 Å². The molecule has 0 atom stereocenters. The van der Waals surface area contributed by atoms with E-state index < -0.39 is 0 Å². The Kier molecular flexibility index (Phi) is 4.28. The van der Waals surface area contributed by atoms with Gasteiger partial charge in [0.2, 0.25) is 6.79 Å². The second-order valence-electron chi connectivity index (χ2n) is 6.23. The second-order valence-corrected chi connectivity index (χ2v) is 6.23. The fourth-order valence-electron chi connectivity index (χ4n) is 3.20. The van der Waals surface area contributed by atoms with Gasteiger partial charge in [-0.1, -0.05) is 6.07 Å². The molecule has 0 bridgehead atoms. The van der Waals surface area contributed by atoms with Gasteiger partial charge in [-0.25, -0.2) is 4.39 Å². The monoisotopic (exact) mass is 342 g/mol. The van der Waals surface area contributed by atoms with Crippen LogP contribution in [0.5, 0.6) is 11.5 Å². The van der Waals surface area contributed by atoms with E-state index in [0.717, 1.165) is 31.9 Å². The number of carbonyl (C=O) groups is 1. The van der Waals surface area contributed by atoms with Crippen LogP contribution in [0.3, 0.4) is 0 Å². The highest BCUT2D eigenvalue weighted by Crippen LogP contribution is 2.32. The van der Waals surface area contributed by atoms with Gasteiger partial charge in [-0.3, -0.25) is 9.69 Å². The van der Waals surface area contributed by atoms with Gasteiger partial charge in [-0.05, 0) is 36.4 Å². The number of piperazine rings is 1. The third-order valence-corrected chi connectivity index (χ3v) is 4.61. The fourth-order valence-corrected chi connectivity index (χ4v) is 3.20. The van der Waals surface area contributed by atoms with Crippen molar-refractivity contribution in [3.05, 3.63) is 53.8 Å². The summed E-state index contributed by atoms with van der Waals surface area (Å²) in [6, 6.07) is 11.9. The zero-order chi connectivity index (χ0) is 17.2. The average Bonchev–Trinajstić information content (AvgIpc) is 3.10. The van der Waals surface area contributed by atoms with E-state index in [2.05, 4.69) is 9.80 Å². The smallest absolute Gasteiger partial charge is 0.231 e. The van der Waals surface area contributed by atoms with Crippen molar-refractivity contribution < 1.29 is 18.7 Å². The summed E-state index contributed by atoms with van der Waals surface area (Å²) < 4.78 is 23.9. The SMILES string of the molecule is O=C(CN1CCN(c2cccc(F)c2)CC1)c1ccc2c(c1)OCO2. The van der Waals surface area contributed by atoms with Crippen LogP contribution in [0, 0.1) is 5.82 Å². The predicted octanol–water partition coefficient (Wildman–Crippen LogP) is 2.56. The van der Waals surface area contributed by atoms with Gasteiger partial charge in [0.1, 0.15) is 5.82 Å². The zero-order valence-corrected chi connectivity index (χ0v) is 13.8. The molecule has 1 fully saturated rings. The highest BCUT2D eigenvalue weighted by atomic mass is 19.1. The molecule has 0 saturated carbocycles. The van der Waals surface area contributed by atoms with Crippen LogP contribution in [-0.2, 0) is 0 Å². The molecule has 2 heterocycles. The highest BCUT2D eigenvalue weighted by Gasteiger charge is 2.21. The third kappa shape index (κ3) is 3.44. The Morgan fingerprint density at radius 3 is 2.60 bits per heavy atom. The first-order valence-corrected chi connectivity index (χ1v) is 8.35. The lowest BCUT2D eigenvalue weighted by atomic mass is 10.1. The minimum atomic E-state index is -0.224. The van der Waals surface area contributed by atoms with Gasteiger partial charge in [0, 0.05) is 37.4 Å². The first-order valence-electron chi connectivity index (χ1n) is 8.35. The standard InChI is InChI=1S/C19H19FN2O3/c20-15-2-1-3-16(11-15)22-8-6-21(7-9-22)12-17(23)14-4-5-18-19(10-14)25-13-24-18/h1-5,10-11H,6-9,12-13H2. The van der Waals surface area contributed by atoms with Crippen molar-refractivity contribution in [2.24, 2.45) is 0 Å². The molecule has 0 aliphatic carbocycles. The number of rotatable bonds is 4. The van der Waals surface area contributed by atoms with Crippen LogP contribution in [-0.4, -0.2) is 50.2 Å². The maximum atomic E-state index is 13.4. The number of Topliss-reactive ketones (excluding diaryl/α,β-unsaturated/α-hetero) is 1. The number of carbonyl (C=O) groups excluding carboxylic acids is 1. The van der Waals surface area contributed by atoms with E-state index in [1.54, 1.807) is 30.3 Å². The normalized spacial score (nSPS) is 16.9. The van der Waals surface area contributed by atoms with Crippen molar-refractivity contribution in [3.63, 3.8) is 0 Å². The lowest BCUT2D eigenvalue weighted by Crippen LogP contribution is -2.48. The molecule has 0 unspecified atom stereocenters. The van der Waals surface area contributed by atoms with Crippen LogP contribution in [0.4, 0.5) is 10.1 Å². The first kappa shape index (κ1) is 15.9. The molecule has 0 radical (unpaired) electrons. The molecule has 130 valence electrons. The Morgan fingerprint density at radius 2 is 1.80 bits per heavy atom. The molecule has 2 aliphatic heterocycles. The van der Waals surface area contributed by atoms with Gasteiger partial charge >= 0.3 is 0 Å². The molecule has 0 spiro atoms. The number of benzene rings is 2. The lowest BCUT2D eigenvalue weighted by molar-refractivity contribution is 0.0926. The number of ether oxygens (including phenoxy) is 2. The molecule has 0 amide bonds. The van der Waals surface area contributed by atoms with Crippen LogP contribution in [0.15, 0.2) is 42.5 Å². The van der Waals surface area contributed by atoms with Crippen LogP contribution >= 0.6 is 0 Å². The molecule has 2 aromatic rings. The highest BCUT2D eigenvalue weighted by molar-refractivity contribution is 5.98. The van der Waals surface area contributed by atoms with E-state index in [4.69, 9.17) is 9.47 Å². The molecule has 2 aromatic carbocycles. The summed E-state index contributed by atoms with van der Waals surface area (Å²) in [6.45, 7) is 3.67. The maximum Gasteiger partial charge on any atom is 0.231 e. The number of hydrogen-bond acceptors (Lipinski definition) is 5. The number of nitrogens with zero attached hydrogens (tertiary/aromatic N) is 2. The molecule has 1 saturated heterocycles. The summed E-state index contributed by atoms with van der Waals surface area (Å²) in [5.74, 6) is 1.15. The first-order chi connectivity index (χ1) is 12.2. The van der Waals surface area contributed by atoms with E-state index in [0.29, 0.717) is 23.6 Å². The summed E-state index contributed by atoms with van der Waals surface area (Å²) in [5.41, 5.74) is 1.53. The Hall–Kier alpha value is -2.60. The summed E-state index contributed by atoms with van der Waals surface area (Å²) in [6.07, 6.45) is 0. The number of halogens is 1. The summed E-state index contributed by atoms with van der Waals surface area (Å²) in [5, 5.41) is 0. The van der Waals surface area contributed by atoms with Gasteiger partial charge in [-0.15, -0.1) is 0 Å². The zero-order valence-electron chi connectivity index (χ0n) is 13.8. The number of hydrogen-bond donors (Lipinski definition) is 0. The summed E-state index contributed by atoms with van der Waals surface area (Å²) in [4.78, 5) is 16.8. The number of anilines is 1. The number of ketones is 1. The van der Waals surface area contributed by atoms with Gasteiger partial charge in [-0.2, -0.15) is 0 Å². The molecule has 0 aromatic heterocycles. The van der Waals surface area contributed by atoms with Crippen molar-refractivity contribution >= 4 is 11.5 Å². The van der Waals surface area contributed by atoms with E-state index in [1.165, 1.54) is 6.07 Å². The van der Waals surface area contributed by atoms with Gasteiger partial charge in [0.05, 0.1) is 6.54 Å². The van der Waals surface area contributed by atoms with Crippen LogP contribution in [0.25, 0.3) is 0 Å². The minimum absolute atomic E-state index is 0.0671. The van der Waals surface area contributed by atoms with E-state index in [1.807, 2.05) is 6.07 Å². The Labute approximate surface area is 145 Å². The van der Waals surface area contributed by atoms with Crippen LogP contribution in [0.1, 0.15) is 10.4 Å². The van der Waals surface area contributed by atoms with E-state index in [9.17, 15) is 9.18 Å².